The lowest BCUT2D eigenvalue weighted by Crippen LogP contribution is -2.25. The number of benzene rings is 3. The lowest BCUT2D eigenvalue weighted by molar-refractivity contribution is 0.166. The van der Waals surface area contributed by atoms with E-state index in [0.29, 0.717) is 0 Å². The minimum absolute atomic E-state index is 0.757. The van der Waals surface area contributed by atoms with Gasteiger partial charge in [-0.05, 0) is 128 Å². The molecule has 0 radical (unpaired) electrons. The first-order chi connectivity index (χ1) is 14.6. The third kappa shape index (κ3) is 3.35. The highest BCUT2D eigenvalue weighted by Gasteiger charge is 2.42. The Morgan fingerprint density at radius 2 is 1.00 bits per heavy atom. The summed E-state index contributed by atoms with van der Waals surface area (Å²) in [6, 6.07) is 24.7. The van der Waals surface area contributed by atoms with Gasteiger partial charge in [0.15, 0.2) is 0 Å². The van der Waals surface area contributed by atoms with E-state index >= 15 is 0 Å². The zero-order valence-electron chi connectivity index (χ0n) is 16.9. The number of hydrogen-bond donors (Lipinski definition) is 0. The molecule has 152 valence electrons. The van der Waals surface area contributed by atoms with E-state index in [1.54, 1.807) is 11.1 Å². The van der Waals surface area contributed by atoms with Gasteiger partial charge in [-0.1, -0.05) is 37.9 Å². The highest BCUT2D eigenvalue weighted by molar-refractivity contribution is 9.10. The maximum Gasteiger partial charge on any atom is 0.0464 e. The van der Waals surface area contributed by atoms with Crippen LogP contribution in [-0.4, -0.2) is 0 Å². The van der Waals surface area contributed by atoms with Crippen molar-refractivity contribution in [2.45, 2.75) is 43.9 Å². The molecule has 3 heteroatoms. The summed E-state index contributed by atoms with van der Waals surface area (Å²) in [5.41, 5.74) is 6.96. The second-order valence-electron chi connectivity index (χ2n) is 9.41. The average molecular weight is 523 g/mol. The molecule has 30 heavy (non-hydrogen) atoms. The molecule has 2 saturated carbocycles. The Bertz CT molecular complexity index is 1010. The summed E-state index contributed by atoms with van der Waals surface area (Å²) in [6.07, 6.45) is 7.13. The maximum atomic E-state index is 3.59. The summed E-state index contributed by atoms with van der Waals surface area (Å²) >= 11 is 7.18. The maximum absolute atomic E-state index is 3.59. The second-order valence-corrected chi connectivity index (χ2v) is 11.2. The van der Waals surface area contributed by atoms with Crippen molar-refractivity contribution in [2.75, 3.05) is 4.90 Å². The molecule has 2 unspecified atom stereocenters. The fourth-order valence-electron chi connectivity index (χ4n) is 6.41. The molecule has 7 rings (SSSR count). The van der Waals surface area contributed by atoms with Crippen LogP contribution in [0, 0.1) is 11.8 Å². The predicted octanol–water partition coefficient (Wildman–Crippen LogP) is 9.07. The van der Waals surface area contributed by atoms with Gasteiger partial charge in [-0.2, -0.15) is 0 Å². The van der Waals surface area contributed by atoms with E-state index in [4.69, 9.17) is 0 Å². The Labute approximate surface area is 195 Å². The first-order valence-corrected chi connectivity index (χ1v) is 12.7. The monoisotopic (exact) mass is 521 g/mol. The van der Waals surface area contributed by atoms with Crippen molar-refractivity contribution in [3.8, 4) is 0 Å². The van der Waals surface area contributed by atoms with Crippen LogP contribution in [0.15, 0.2) is 75.7 Å². The summed E-state index contributed by atoms with van der Waals surface area (Å²) in [6.45, 7) is 0. The number of nitrogens with zero attached hydrogens (tertiary/aromatic N) is 1. The summed E-state index contributed by atoms with van der Waals surface area (Å²) in [5.74, 6) is 3.46. The lowest BCUT2D eigenvalue weighted by Gasteiger charge is -2.38. The normalized spacial score (nSPS) is 26.3. The third-order valence-electron chi connectivity index (χ3n) is 7.52. The van der Waals surface area contributed by atoms with Gasteiger partial charge in [0.25, 0.3) is 0 Å². The SMILES string of the molecule is Brc1ccc(N(c2ccc(Br)cc2)c2ccc3c(c2)C2CC4CC(CC3C4)C2)cc1. The van der Waals surface area contributed by atoms with Gasteiger partial charge >= 0.3 is 0 Å². The van der Waals surface area contributed by atoms with Crippen molar-refractivity contribution in [3.63, 3.8) is 0 Å². The van der Waals surface area contributed by atoms with Crippen LogP contribution in [0.25, 0.3) is 0 Å². The van der Waals surface area contributed by atoms with Gasteiger partial charge in [0, 0.05) is 26.0 Å². The van der Waals surface area contributed by atoms with Crippen LogP contribution in [0.1, 0.15) is 55.1 Å². The largest absolute Gasteiger partial charge is 0.310 e. The van der Waals surface area contributed by atoms with E-state index in [-0.39, 0.29) is 0 Å². The summed E-state index contributed by atoms with van der Waals surface area (Å²) in [5, 5.41) is 0. The summed E-state index contributed by atoms with van der Waals surface area (Å²) in [4.78, 5) is 2.40. The second kappa shape index (κ2) is 7.53. The molecule has 1 nitrogen and oxygen atoms in total. The molecule has 2 fully saturated rings. The van der Waals surface area contributed by atoms with E-state index in [1.807, 2.05) is 0 Å². The molecule has 4 bridgehead atoms. The van der Waals surface area contributed by atoms with E-state index in [9.17, 15) is 0 Å². The van der Waals surface area contributed by atoms with Gasteiger partial charge < -0.3 is 4.90 Å². The standard InChI is InChI=1S/C27H25Br2N/c28-21-1-5-23(6-2-21)30(24-7-3-22(29)4-8-24)25-9-10-26-19-12-17-11-18(13-19)15-20(14-17)27(26)16-25/h1-10,16-20H,11-15H2. The molecule has 0 N–H and O–H groups in total. The minimum atomic E-state index is 0.757. The van der Waals surface area contributed by atoms with E-state index < -0.39 is 0 Å². The molecule has 0 heterocycles. The Balaban J connectivity index is 1.48. The van der Waals surface area contributed by atoms with Crippen LogP contribution in [0.4, 0.5) is 17.1 Å². The molecular formula is C27H25Br2N. The molecule has 0 saturated heterocycles. The molecular weight excluding hydrogens is 498 g/mol. The first-order valence-electron chi connectivity index (χ1n) is 11.1. The zero-order chi connectivity index (χ0) is 20.2. The average Bonchev–Trinajstić information content (AvgIpc) is 2.92. The third-order valence-corrected chi connectivity index (χ3v) is 8.57. The molecule has 2 atom stereocenters. The van der Waals surface area contributed by atoms with Crippen molar-refractivity contribution in [1.29, 1.82) is 0 Å². The van der Waals surface area contributed by atoms with Gasteiger partial charge in [0.1, 0.15) is 0 Å². The van der Waals surface area contributed by atoms with Gasteiger partial charge in [-0.25, -0.2) is 0 Å². The van der Waals surface area contributed by atoms with Crippen LogP contribution < -0.4 is 4.90 Å². The first kappa shape index (κ1) is 19.1. The lowest BCUT2D eigenvalue weighted by atomic mass is 9.67. The van der Waals surface area contributed by atoms with Crippen molar-refractivity contribution in [2.24, 2.45) is 11.8 Å². The van der Waals surface area contributed by atoms with Crippen LogP contribution in [-0.2, 0) is 0 Å². The van der Waals surface area contributed by atoms with Crippen molar-refractivity contribution in [3.05, 3.63) is 86.8 Å². The van der Waals surface area contributed by atoms with Crippen molar-refractivity contribution >= 4 is 48.9 Å². The van der Waals surface area contributed by atoms with Gasteiger partial charge in [0.2, 0.25) is 0 Å². The van der Waals surface area contributed by atoms with Crippen LogP contribution in [0.5, 0.6) is 0 Å². The molecule has 3 aromatic rings. The topological polar surface area (TPSA) is 3.24 Å². The Hall–Kier alpha value is -1.58. The van der Waals surface area contributed by atoms with Gasteiger partial charge in [0.05, 0.1) is 0 Å². The number of hydrogen-bond acceptors (Lipinski definition) is 1. The van der Waals surface area contributed by atoms with Crippen molar-refractivity contribution in [1.82, 2.24) is 0 Å². The molecule has 0 spiro atoms. The Morgan fingerprint density at radius 3 is 1.53 bits per heavy atom. The fourth-order valence-corrected chi connectivity index (χ4v) is 6.94. The van der Waals surface area contributed by atoms with E-state index in [0.717, 1.165) is 32.6 Å². The number of halogens is 2. The molecule has 4 aliphatic carbocycles. The van der Waals surface area contributed by atoms with Crippen LogP contribution in [0.2, 0.25) is 0 Å². The van der Waals surface area contributed by atoms with Crippen LogP contribution >= 0.6 is 31.9 Å². The highest BCUT2D eigenvalue weighted by Crippen LogP contribution is 2.56. The molecule has 4 aliphatic rings. The number of anilines is 3. The summed E-state index contributed by atoms with van der Waals surface area (Å²) in [7, 11) is 0. The number of rotatable bonds is 3. The predicted molar refractivity (Wildman–Crippen MR) is 132 cm³/mol. The fraction of sp³-hybridized carbons (Fsp3) is 0.333. The molecule has 0 aromatic heterocycles. The van der Waals surface area contributed by atoms with E-state index in [2.05, 4.69) is 103 Å². The van der Waals surface area contributed by atoms with E-state index in [1.165, 1.54) is 49.2 Å². The highest BCUT2D eigenvalue weighted by atomic mass is 79.9. The quantitative estimate of drug-likeness (QED) is 0.331. The Kier molecular flexibility index (Phi) is 4.80. The molecule has 0 aliphatic heterocycles. The zero-order valence-corrected chi connectivity index (χ0v) is 20.1. The van der Waals surface area contributed by atoms with Gasteiger partial charge in [-0.15, -0.1) is 0 Å². The summed E-state index contributed by atoms with van der Waals surface area (Å²) < 4.78 is 2.22. The van der Waals surface area contributed by atoms with Gasteiger partial charge in [-0.3, -0.25) is 0 Å². The molecule has 0 amide bonds. The smallest absolute Gasteiger partial charge is 0.0464 e. The van der Waals surface area contributed by atoms with Crippen molar-refractivity contribution < 1.29 is 0 Å². The van der Waals surface area contributed by atoms with Crippen LogP contribution in [0.3, 0.4) is 0 Å². The molecule has 3 aromatic carbocycles. The minimum Gasteiger partial charge on any atom is -0.310 e. The Morgan fingerprint density at radius 1 is 0.533 bits per heavy atom.